The number of carbonyl (C=O) groups excluding carboxylic acids is 1. The van der Waals surface area contributed by atoms with Gasteiger partial charge in [-0.2, -0.15) is 0 Å². The smallest absolute Gasteiger partial charge is 0.254 e. The topological polar surface area (TPSA) is 40.5 Å². The molecule has 1 heterocycles. The van der Waals surface area contributed by atoms with Gasteiger partial charge in [0.2, 0.25) is 0 Å². The van der Waals surface area contributed by atoms with E-state index in [-0.39, 0.29) is 12.1 Å². The number of piperidine rings is 1. The number of amides is 1. The Bertz CT molecular complexity index is 454. The Morgan fingerprint density at radius 3 is 2.50 bits per heavy atom. The Morgan fingerprint density at radius 1 is 1.33 bits per heavy atom. The highest BCUT2D eigenvalue weighted by molar-refractivity contribution is 5.94. The molecule has 0 bridgehead atoms. The molecule has 0 radical (unpaired) electrons. The van der Waals surface area contributed by atoms with Gasteiger partial charge < -0.3 is 10.0 Å². The second-order valence-electron chi connectivity index (χ2n) is 4.99. The lowest BCUT2D eigenvalue weighted by Crippen LogP contribution is -2.48. The molecule has 1 N–H and O–H groups in total. The quantitative estimate of drug-likeness (QED) is 0.833. The molecule has 3 nitrogen and oxygen atoms in total. The lowest BCUT2D eigenvalue weighted by atomic mass is 9.94. The summed E-state index contributed by atoms with van der Waals surface area (Å²) in [4.78, 5) is 13.5. The van der Waals surface area contributed by atoms with E-state index in [9.17, 15) is 18.7 Å². The molecule has 1 unspecified atom stereocenters. The largest absolute Gasteiger partial charge is 0.388 e. The molecular weight excluding hydrogens is 240 g/mol. The van der Waals surface area contributed by atoms with Gasteiger partial charge in [-0.1, -0.05) is 0 Å². The summed E-state index contributed by atoms with van der Waals surface area (Å²) in [6.07, 6.45) is 1.30. The Balaban J connectivity index is 2.20. The van der Waals surface area contributed by atoms with Gasteiger partial charge in [-0.25, -0.2) is 8.78 Å². The molecule has 5 heteroatoms. The van der Waals surface area contributed by atoms with Crippen molar-refractivity contribution in [3.8, 4) is 0 Å². The third-order valence-electron chi connectivity index (χ3n) is 3.07. The van der Waals surface area contributed by atoms with Crippen LogP contribution in [0.15, 0.2) is 18.2 Å². The summed E-state index contributed by atoms with van der Waals surface area (Å²) in [6.45, 7) is 2.33. The van der Waals surface area contributed by atoms with Crippen LogP contribution in [-0.2, 0) is 0 Å². The first-order valence-corrected chi connectivity index (χ1v) is 5.85. The number of aliphatic hydroxyl groups is 1. The Morgan fingerprint density at radius 2 is 1.94 bits per heavy atom. The van der Waals surface area contributed by atoms with Gasteiger partial charge in [-0.3, -0.25) is 4.79 Å². The second kappa shape index (κ2) is 4.65. The average molecular weight is 255 g/mol. The van der Waals surface area contributed by atoms with E-state index in [1.807, 2.05) is 0 Å². The van der Waals surface area contributed by atoms with Crippen molar-refractivity contribution in [1.29, 1.82) is 0 Å². The highest BCUT2D eigenvalue weighted by atomic mass is 19.1. The highest BCUT2D eigenvalue weighted by Crippen LogP contribution is 2.22. The Labute approximate surface area is 104 Å². The minimum Gasteiger partial charge on any atom is -0.388 e. The van der Waals surface area contributed by atoms with Crippen LogP contribution in [0.4, 0.5) is 8.78 Å². The van der Waals surface area contributed by atoms with Gasteiger partial charge in [0.05, 0.1) is 5.60 Å². The van der Waals surface area contributed by atoms with Gasteiger partial charge in [-0.05, 0) is 31.9 Å². The summed E-state index contributed by atoms with van der Waals surface area (Å²) >= 11 is 0. The summed E-state index contributed by atoms with van der Waals surface area (Å²) in [6, 6.07) is 2.74. The van der Waals surface area contributed by atoms with E-state index >= 15 is 0 Å². The fraction of sp³-hybridized carbons (Fsp3) is 0.462. The van der Waals surface area contributed by atoms with Crippen LogP contribution in [0.25, 0.3) is 0 Å². The van der Waals surface area contributed by atoms with E-state index in [1.54, 1.807) is 6.92 Å². The maximum absolute atomic E-state index is 13.0. The number of nitrogens with zero attached hydrogens (tertiary/aromatic N) is 1. The number of carbonyl (C=O) groups is 1. The predicted octanol–water partition coefficient (Wildman–Crippen LogP) is 1.95. The van der Waals surface area contributed by atoms with E-state index < -0.39 is 23.1 Å². The van der Waals surface area contributed by atoms with E-state index in [0.717, 1.165) is 18.2 Å². The summed E-state index contributed by atoms with van der Waals surface area (Å²) in [5.74, 6) is -2.00. The molecule has 1 fully saturated rings. The van der Waals surface area contributed by atoms with E-state index in [0.29, 0.717) is 19.4 Å². The first-order valence-electron chi connectivity index (χ1n) is 5.85. The SMILES string of the molecule is CC1(O)CCCN(C(=O)c2cc(F)cc(F)c2)C1. The molecule has 0 saturated carbocycles. The lowest BCUT2D eigenvalue weighted by Gasteiger charge is -2.36. The summed E-state index contributed by atoms with van der Waals surface area (Å²) in [7, 11) is 0. The van der Waals surface area contributed by atoms with E-state index in [1.165, 1.54) is 4.90 Å². The van der Waals surface area contributed by atoms with Crippen LogP contribution in [0.3, 0.4) is 0 Å². The monoisotopic (exact) mass is 255 g/mol. The van der Waals surface area contributed by atoms with Crippen molar-refractivity contribution in [1.82, 2.24) is 4.90 Å². The lowest BCUT2D eigenvalue weighted by molar-refractivity contribution is -0.0107. The summed E-state index contributed by atoms with van der Waals surface area (Å²) in [5, 5.41) is 9.91. The summed E-state index contributed by atoms with van der Waals surface area (Å²) in [5.41, 5.74) is -0.954. The fourth-order valence-corrected chi connectivity index (χ4v) is 2.25. The molecule has 1 aliphatic heterocycles. The van der Waals surface area contributed by atoms with Crippen LogP contribution in [0.2, 0.25) is 0 Å². The third kappa shape index (κ3) is 2.85. The molecule has 0 spiro atoms. The molecule has 98 valence electrons. The molecule has 1 aliphatic rings. The van der Waals surface area contributed by atoms with Crippen molar-refractivity contribution in [2.75, 3.05) is 13.1 Å². The minimum atomic E-state index is -0.931. The zero-order chi connectivity index (χ0) is 13.3. The van der Waals surface area contributed by atoms with Crippen LogP contribution < -0.4 is 0 Å². The van der Waals surface area contributed by atoms with Gasteiger partial charge in [-0.15, -0.1) is 0 Å². The van der Waals surface area contributed by atoms with Crippen LogP contribution in [-0.4, -0.2) is 34.6 Å². The zero-order valence-corrected chi connectivity index (χ0v) is 10.1. The molecule has 1 amide bonds. The summed E-state index contributed by atoms with van der Waals surface area (Å²) < 4.78 is 26.1. The van der Waals surface area contributed by atoms with Crippen molar-refractivity contribution in [3.05, 3.63) is 35.4 Å². The van der Waals surface area contributed by atoms with Crippen LogP contribution >= 0.6 is 0 Å². The number of hydrogen-bond donors (Lipinski definition) is 1. The number of β-amino-alcohol motifs (C(OH)–C–C–N with tert-alkyl or cyclic N) is 1. The third-order valence-corrected chi connectivity index (χ3v) is 3.07. The van der Waals surface area contributed by atoms with Gasteiger partial charge in [0.25, 0.3) is 5.91 Å². The van der Waals surface area contributed by atoms with Gasteiger partial charge in [0.15, 0.2) is 0 Å². The molecule has 1 aromatic carbocycles. The number of hydrogen-bond acceptors (Lipinski definition) is 2. The molecule has 0 aliphatic carbocycles. The van der Waals surface area contributed by atoms with Crippen LogP contribution in [0, 0.1) is 11.6 Å². The molecule has 1 aromatic rings. The van der Waals surface area contributed by atoms with Gasteiger partial charge >= 0.3 is 0 Å². The average Bonchev–Trinajstić information content (AvgIpc) is 2.25. The van der Waals surface area contributed by atoms with Crippen molar-refractivity contribution in [2.24, 2.45) is 0 Å². The number of likely N-dealkylation sites (tertiary alicyclic amines) is 1. The molecule has 1 saturated heterocycles. The van der Waals surface area contributed by atoms with E-state index in [2.05, 4.69) is 0 Å². The highest BCUT2D eigenvalue weighted by Gasteiger charge is 2.31. The van der Waals surface area contributed by atoms with E-state index in [4.69, 9.17) is 0 Å². The Hall–Kier alpha value is -1.49. The molecule has 2 rings (SSSR count). The van der Waals surface area contributed by atoms with Crippen molar-refractivity contribution in [3.63, 3.8) is 0 Å². The maximum atomic E-state index is 13.0. The van der Waals surface area contributed by atoms with Crippen LogP contribution in [0.1, 0.15) is 30.1 Å². The molecule has 1 atom stereocenters. The zero-order valence-electron chi connectivity index (χ0n) is 10.1. The predicted molar refractivity (Wildman–Crippen MR) is 62.1 cm³/mol. The van der Waals surface area contributed by atoms with Crippen molar-refractivity contribution >= 4 is 5.91 Å². The maximum Gasteiger partial charge on any atom is 0.254 e. The molecule has 0 aromatic heterocycles. The number of benzene rings is 1. The van der Waals surface area contributed by atoms with Gasteiger partial charge in [0.1, 0.15) is 11.6 Å². The number of rotatable bonds is 1. The standard InChI is InChI=1S/C13H15F2NO2/c1-13(18)3-2-4-16(8-13)12(17)9-5-10(14)7-11(15)6-9/h5-7,18H,2-4,8H2,1H3. The normalized spacial score (nSPS) is 24.1. The first-order chi connectivity index (χ1) is 8.37. The molecule has 18 heavy (non-hydrogen) atoms. The van der Waals surface area contributed by atoms with Crippen molar-refractivity contribution in [2.45, 2.75) is 25.4 Å². The van der Waals surface area contributed by atoms with Crippen molar-refractivity contribution < 1.29 is 18.7 Å². The van der Waals surface area contributed by atoms with Gasteiger partial charge in [0, 0.05) is 24.7 Å². The first kappa shape index (κ1) is 13.0. The van der Waals surface area contributed by atoms with Crippen LogP contribution in [0.5, 0.6) is 0 Å². The Kier molecular flexibility index (Phi) is 3.34. The minimum absolute atomic E-state index is 0.0230. The number of halogens is 2. The molecular formula is C13H15F2NO2. The second-order valence-corrected chi connectivity index (χ2v) is 4.99. The fourth-order valence-electron chi connectivity index (χ4n) is 2.25.